The topological polar surface area (TPSA) is 99.9 Å². The average Bonchev–Trinajstić information content (AvgIpc) is 3.35. The third kappa shape index (κ3) is 4.37. The zero-order valence-electron chi connectivity index (χ0n) is 14.9. The number of carbonyl (C=O) groups excluding carboxylic acids is 2. The molecule has 1 aromatic carbocycles. The largest absolute Gasteiger partial charge is 0.459 e. The minimum absolute atomic E-state index is 0.154. The van der Waals surface area contributed by atoms with Crippen LogP contribution in [-0.4, -0.2) is 56.1 Å². The molecule has 1 saturated heterocycles. The Bertz CT molecular complexity index is 901. The van der Waals surface area contributed by atoms with Gasteiger partial charge in [-0.3, -0.25) is 9.59 Å². The van der Waals surface area contributed by atoms with Crippen molar-refractivity contribution in [1.29, 1.82) is 0 Å². The number of hydrogen-bond donors (Lipinski definition) is 1. The van der Waals surface area contributed by atoms with Gasteiger partial charge in [0.1, 0.15) is 0 Å². The van der Waals surface area contributed by atoms with Gasteiger partial charge in [0.25, 0.3) is 5.91 Å². The van der Waals surface area contributed by atoms with Crippen molar-refractivity contribution in [2.75, 3.05) is 32.0 Å². The number of rotatable bonds is 6. The van der Waals surface area contributed by atoms with Crippen LogP contribution in [0.5, 0.6) is 0 Å². The van der Waals surface area contributed by atoms with Gasteiger partial charge in [0.2, 0.25) is 15.9 Å². The Hall–Kier alpha value is -2.65. The second kappa shape index (κ2) is 7.93. The van der Waals surface area contributed by atoms with Gasteiger partial charge in [-0.2, -0.15) is 4.31 Å². The molecule has 0 saturated carbocycles. The molecule has 9 heteroatoms. The lowest BCUT2D eigenvalue weighted by Crippen LogP contribution is -2.34. The predicted molar refractivity (Wildman–Crippen MR) is 98.7 cm³/mol. The summed E-state index contributed by atoms with van der Waals surface area (Å²) in [5.41, 5.74) is 0.458. The molecule has 27 heavy (non-hydrogen) atoms. The fraction of sp³-hybridized carbons (Fsp3) is 0.333. The molecular weight excluding hydrogens is 370 g/mol. The van der Waals surface area contributed by atoms with Gasteiger partial charge >= 0.3 is 0 Å². The van der Waals surface area contributed by atoms with Gasteiger partial charge in [-0.25, -0.2) is 8.42 Å². The van der Waals surface area contributed by atoms with E-state index < -0.39 is 21.8 Å². The first kappa shape index (κ1) is 19.1. The predicted octanol–water partition coefficient (Wildman–Crippen LogP) is 1.77. The van der Waals surface area contributed by atoms with Gasteiger partial charge in [0, 0.05) is 25.8 Å². The fourth-order valence-corrected chi connectivity index (χ4v) is 4.38. The maximum atomic E-state index is 12.5. The van der Waals surface area contributed by atoms with Gasteiger partial charge in [0.05, 0.1) is 17.7 Å². The summed E-state index contributed by atoms with van der Waals surface area (Å²) in [7, 11) is -1.99. The standard InChI is InChI=1S/C18H21N3O5S/c1-20(18(23)16-5-4-12-26-16)13-17(22)19-14-6-8-15(9-7-14)27(24,25)21-10-2-3-11-21/h4-9,12H,2-3,10-11,13H2,1H3,(H,19,22). The van der Waals surface area contributed by atoms with E-state index in [-0.39, 0.29) is 17.2 Å². The molecule has 2 aromatic rings. The number of nitrogens with zero attached hydrogens (tertiary/aromatic N) is 2. The number of anilines is 1. The van der Waals surface area contributed by atoms with E-state index in [1.54, 1.807) is 6.07 Å². The minimum atomic E-state index is -3.48. The number of likely N-dealkylation sites (N-methyl/N-ethyl adjacent to an activating group) is 1. The number of nitrogens with one attached hydrogen (secondary N) is 1. The highest BCUT2D eigenvalue weighted by Gasteiger charge is 2.27. The van der Waals surface area contributed by atoms with Gasteiger partial charge in [-0.05, 0) is 49.2 Å². The van der Waals surface area contributed by atoms with Crippen molar-refractivity contribution >= 4 is 27.5 Å². The third-order valence-electron chi connectivity index (χ3n) is 4.30. The van der Waals surface area contributed by atoms with Crippen molar-refractivity contribution in [3.05, 3.63) is 48.4 Å². The number of hydrogen-bond acceptors (Lipinski definition) is 5. The molecule has 1 aromatic heterocycles. The molecule has 0 atom stereocenters. The molecule has 144 valence electrons. The van der Waals surface area contributed by atoms with Crippen LogP contribution in [0.25, 0.3) is 0 Å². The molecule has 0 bridgehead atoms. The van der Waals surface area contributed by atoms with E-state index in [0.29, 0.717) is 18.8 Å². The lowest BCUT2D eigenvalue weighted by Gasteiger charge is -2.17. The van der Waals surface area contributed by atoms with Gasteiger partial charge < -0.3 is 14.6 Å². The highest BCUT2D eigenvalue weighted by atomic mass is 32.2. The number of amides is 2. The van der Waals surface area contributed by atoms with Crippen LogP contribution in [0.15, 0.2) is 52.0 Å². The molecule has 1 aliphatic rings. The molecule has 2 heterocycles. The van der Waals surface area contributed by atoms with E-state index >= 15 is 0 Å². The maximum Gasteiger partial charge on any atom is 0.289 e. The van der Waals surface area contributed by atoms with Crippen molar-refractivity contribution in [2.45, 2.75) is 17.7 Å². The van der Waals surface area contributed by atoms with Crippen molar-refractivity contribution < 1.29 is 22.4 Å². The molecule has 2 amide bonds. The quantitative estimate of drug-likeness (QED) is 0.809. The van der Waals surface area contributed by atoms with E-state index in [1.807, 2.05) is 0 Å². The number of furan rings is 1. The highest BCUT2D eigenvalue weighted by molar-refractivity contribution is 7.89. The second-order valence-electron chi connectivity index (χ2n) is 6.32. The monoisotopic (exact) mass is 391 g/mol. The minimum Gasteiger partial charge on any atom is -0.459 e. The Morgan fingerprint density at radius 1 is 1.15 bits per heavy atom. The Morgan fingerprint density at radius 3 is 2.41 bits per heavy atom. The van der Waals surface area contributed by atoms with E-state index in [2.05, 4.69) is 5.32 Å². The van der Waals surface area contributed by atoms with Crippen LogP contribution in [0.4, 0.5) is 5.69 Å². The van der Waals surface area contributed by atoms with Gasteiger partial charge in [-0.1, -0.05) is 0 Å². The van der Waals surface area contributed by atoms with E-state index in [0.717, 1.165) is 12.8 Å². The van der Waals surface area contributed by atoms with E-state index in [1.165, 1.54) is 52.8 Å². The molecule has 0 radical (unpaired) electrons. The molecule has 1 aliphatic heterocycles. The molecule has 0 spiro atoms. The maximum absolute atomic E-state index is 12.5. The van der Waals surface area contributed by atoms with Gasteiger partial charge in [-0.15, -0.1) is 0 Å². The van der Waals surface area contributed by atoms with Crippen molar-refractivity contribution in [3.8, 4) is 0 Å². The highest BCUT2D eigenvalue weighted by Crippen LogP contribution is 2.22. The van der Waals surface area contributed by atoms with Crippen molar-refractivity contribution in [3.63, 3.8) is 0 Å². The van der Waals surface area contributed by atoms with Crippen molar-refractivity contribution in [1.82, 2.24) is 9.21 Å². The normalized spacial score (nSPS) is 14.9. The van der Waals surface area contributed by atoms with Gasteiger partial charge in [0.15, 0.2) is 5.76 Å². The molecule has 1 N–H and O–H groups in total. The number of sulfonamides is 1. The first-order valence-corrected chi connectivity index (χ1v) is 10.0. The third-order valence-corrected chi connectivity index (χ3v) is 6.21. The number of carbonyl (C=O) groups is 2. The van der Waals surface area contributed by atoms with Crippen LogP contribution >= 0.6 is 0 Å². The first-order chi connectivity index (χ1) is 12.9. The molecule has 0 unspecified atom stereocenters. The average molecular weight is 391 g/mol. The first-order valence-electron chi connectivity index (χ1n) is 8.57. The summed E-state index contributed by atoms with van der Waals surface area (Å²) in [5.74, 6) is -0.642. The van der Waals surface area contributed by atoms with Crippen LogP contribution in [0.2, 0.25) is 0 Å². The van der Waals surface area contributed by atoms with Crippen LogP contribution in [0, 0.1) is 0 Å². The SMILES string of the molecule is CN(CC(=O)Nc1ccc(S(=O)(=O)N2CCCC2)cc1)C(=O)c1ccco1. The van der Waals surface area contributed by atoms with Crippen molar-refractivity contribution in [2.24, 2.45) is 0 Å². The lowest BCUT2D eigenvalue weighted by molar-refractivity contribution is -0.116. The Kier molecular flexibility index (Phi) is 5.62. The van der Waals surface area contributed by atoms with Crippen LogP contribution in [0.3, 0.4) is 0 Å². The van der Waals surface area contributed by atoms with Crippen LogP contribution in [0.1, 0.15) is 23.4 Å². The molecule has 0 aliphatic carbocycles. The summed E-state index contributed by atoms with van der Waals surface area (Å²) in [6.07, 6.45) is 3.13. The zero-order chi connectivity index (χ0) is 19.4. The fourth-order valence-electron chi connectivity index (χ4n) is 2.86. The smallest absolute Gasteiger partial charge is 0.289 e. The summed E-state index contributed by atoms with van der Waals surface area (Å²) in [5, 5.41) is 2.65. The summed E-state index contributed by atoms with van der Waals surface area (Å²) < 4.78 is 31.5. The van der Waals surface area contributed by atoms with E-state index in [9.17, 15) is 18.0 Å². The Morgan fingerprint density at radius 2 is 1.81 bits per heavy atom. The lowest BCUT2D eigenvalue weighted by atomic mass is 10.3. The summed E-state index contributed by atoms with van der Waals surface area (Å²) in [4.78, 5) is 25.6. The molecule has 3 rings (SSSR count). The summed E-state index contributed by atoms with van der Waals surface area (Å²) >= 11 is 0. The molecule has 8 nitrogen and oxygen atoms in total. The Balaban J connectivity index is 1.59. The zero-order valence-corrected chi connectivity index (χ0v) is 15.7. The molecule has 1 fully saturated rings. The second-order valence-corrected chi connectivity index (χ2v) is 8.26. The van der Waals surface area contributed by atoms with Crippen LogP contribution in [-0.2, 0) is 14.8 Å². The van der Waals surface area contributed by atoms with E-state index in [4.69, 9.17) is 4.42 Å². The summed E-state index contributed by atoms with van der Waals surface area (Å²) in [6, 6.07) is 9.14. The number of benzene rings is 1. The Labute approximate surface area is 157 Å². The summed E-state index contributed by atoms with van der Waals surface area (Å²) in [6.45, 7) is 0.918. The molecular formula is C18H21N3O5S. The van der Waals surface area contributed by atoms with Crippen LogP contribution < -0.4 is 5.32 Å².